The molecular weight excluding hydrogens is 306 g/mol. The third kappa shape index (κ3) is 4.44. The first-order valence-electron chi connectivity index (χ1n) is 8.00. The average molecular weight is 329 g/mol. The van der Waals surface area contributed by atoms with Crippen LogP contribution in [0, 0.1) is 0 Å². The maximum Gasteiger partial charge on any atom is 0.303 e. The van der Waals surface area contributed by atoms with Gasteiger partial charge in [-0.3, -0.25) is 14.3 Å². The Balaban J connectivity index is 2.19. The zero-order valence-corrected chi connectivity index (χ0v) is 14.2. The van der Waals surface area contributed by atoms with Crippen LogP contribution in [0.3, 0.4) is 0 Å². The average Bonchev–Trinajstić information content (AvgIpc) is 2.94. The van der Waals surface area contributed by atoms with Gasteiger partial charge in [-0.25, -0.2) is 0 Å². The van der Waals surface area contributed by atoms with Crippen LogP contribution in [0.1, 0.15) is 60.4 Å². The number of nitrogens with zero attached hydrogens (tertiary/aromatic N) is 2. The Morgan fingerprint density at radius 2 is 1.92 bits per heavy atom. The number of carboxylic acid groups (broad SMARTS) is 1. The first kappa shape index (κ1) is 17.7. The predicted molar refractivity (Wildman–Crippen MR) is 90.8 cm³/mol. The highest BCUT2D eigenvalue weighted by Crippen LogP contribution is 2.20. The molecule has 0 saturated heterocycles. The lowest BCUT2D eigenvalue weighted by molar-refractivity contribution is -0.137. The van der Waals surface area contributed by atoms with Crippen molar-refractivity contribution in [3.8, 4) is 0 Å². The summed E-state index contributed by atoms with van der Waals surface area (Å²) in [6.45, 7) is 4.04. The van der Waals surface area contributed by atoms with E-state index in [9.17, 15) is 9.59 Å². The number of carbonyl (C=O) groups is 2. The van der Waals surface area contributed by atoms with E-state index in [2.05, 4.69) is 10.4 Å². The van der Waals surface area contributed by atoms with Gasteiger partial charge in [-0.15, -0.1) is 0 Å². The lowest BCUT2D eigenvalue weighted by atomic mass is 10.0. The number of carboxylic acids is 1. The Morgan fingerprint density at radius 1 is 1.25 bits per heavy atom. The minimum absolute atomic E-state index is 0.0114. The molecule has 0 bridgehead atoms. The van der Waals surface area contributed by atoms with Crippen molar-refractivity contribution in [2.24, 2.45) is 7.05 Å². The normalized spacial score (nSPS) is 12.2. The quantitative estimate of drug-likeness (QED) is 0.818. The molecular formula is C18H23N3O3. The molecule has 1 atom stereocenters. The number of benzene rings is 1. The molecule has 1 amide bonds. The Labute approximate surface area is 141 Å². The van der Waals surface area contributed by atoms with Crippen LogP contribution in [0.5, 0.6) is 0 Å². The number of carbonyl (C=O) groups excluding carboxylic acids is 1. The maximum absolute atomic E-state index is 12.6. The minimum atomic E-state index is -0.882. The van der Waals surface area contributed by atoms with Crippen LogP contribution >= 0.6 is 0 Å². The van der Waals surface area contributed by atoms with Crippen LogP contribution in [0.2, 0.25) is 0 Å². The summed E-state index contributed by atoms with van der Waals surface area (Å²) in [4.78, 5) is 23.5. The van der Waals surface area contributed by atoms with Crippen LogP contribution in [0.4, 0.5) is 0 Å². The summed E-state index contributed by atoms with van der Waals surface area (Å²) in [5, 5.41) is 16.2. The van der Waals surface area contributed by atoms with Gasteiger partial charge < -0.3 is 10.4 Å². The molecule has 2 N–H and O–H groups in total. The van der Waals surface area contributed by atoms with Gasteiger partial charge in [0.05, 0.1) is 11.7 Å². The summed E-state index contributed by atoms with van der Waals surface area (Å²) >= 11 is 0. The number of nitrogens with one attached hydrogen (secondary N) is 1. The van der Waals surface area contributed by atoms with Gasteiger partial charge in [0.1, 0.15) is 5.69 Å². The van der Waals surface area contributed by atoms with E-state index in [0.29, 0.717) is 12.1 Å². The second-order valence-electron chi connectivity index (χ2n) is 6.10. The fourth-order valence-electron chi connectivity index (χ4n) is 2.49. The number of rotatable bonds is 7. The zero-order valence-electron chi connectivity index (χ0n) is 14.2. The molecule has 0 fully saturated rings. The zero-order chi connectivity index (χ0) is 17.7. The molecule has 24 heavy (non-hydrogen) atoms. The molecule has 6 nitrogen and oxygen atoms in total. The van der Waals surface area contributed by atoms with Crippen molar-refractivity contribution in [1.82, 2.24) is 15.1 Å². The van der Waals surface area contributed by atoms with Crippen LogP contribution < -0.4 is 5.32 Å². The van der Waals surface area contributed by atoms with Gasteiger partial charge in [-0.05, 0) is 24.0 Å². The molecule has 1 unspecified atom stereocenters. The molecule has 2 rings (SSSR count). The van der Waals surface area contributed by atoms with Crippen LogP contribution in [0.15, 0.2) is 36.4 Å². The maximum atomic E-state index is 12.6. The van der Waals surface area contributed by atoms with E-state index < -0.39 is 5.97 Å². The molecule has 0 radical (unpaired) electrons. The van der Waals surface area contributed by atoms with Crippen molar-refractivity contribution in [1.29, 1.82) is 0 Å². The van der Waals surface area contributed by atoms with Crippen molar-refractivity contribution in [3.63, 3.8) is 0 Å². The summed E-state index contributed by atoms with van der Waals surface area (Å²) in [5.41, 5.74) is 2.21. The first-order valence-corrected chi connectivity index (χ1v) is 8.00. The van der Waals surface area contributed by atoms with Gasteiger partial charge in [0.2, 0.25) is 0 Å². The second-order valence-corrected chi connectivity index (χ2v) is 6.10. The SMILES string of the molecule is CC(C)c1cc(C(=O)NC(CCC(=O)O)c2ccccc2)n(C)n1. The Morgan fingerprint density at radius 3 is 2.46 bits per heavy atom. The summed E-state index contributed by atoms with van der Waals surface area (Å²) in [5.74, 6) is -0.904. The van der Waals surface area contributed by atoms with E-state index in [4.69, 9.17) is 5.11 Å². The molecule has 2 aromatic rings. The molecule has 1 heterocycles. The summed E-state index contributed by atoms with van der Waals surface area (Å²) in [6, 6.07) is 10.8. The Hall–Kier alpha value is -2.63. The summed E-state index contributed by atoms with van der Waals surface area (Å²) in [6.07, 6.45) is 0.322. The van der Waals surface area contributed by atoms with Gasteiger partial charge in [0.25, 0.3) is 5.91 Å². The summed E-state index contributed by atoms with van der Waals surface area (Å²) in [7, 11) is 1.73. The predicted octanol–water partition coefficient (Wildman–Crippen LogP) is 2.88. The number of aromatic nitrogens is 2. The van der Waals surface area contributed by atoms with Gasteiger partial charge in [-0.1, -0.05) is 44.2 Å². The molecule has 1 aromatic carbocycles. The van der Waals surface area contributed by atoms with E-state index in [-0.39, 0.29) is 24.3 Å². The number of hydrogen-bond acceptors (Lipinski definition) is 3. The topological polar surface area (TPSA) is 84.2 Å². The molecule has 6 heteroatoms. The van der Waals surface area contributed by atoms with Crippen molar-refractivity contribution in [2.45, 2.75) is 38.6 Å². The van der Waals surface area contributed by atoms with Crippen LogP contribution in [0.25, 0.3) is 0 Å². The fraction of sp³-hybridized carbons (Fsp3) is 0.389. The number of aryl methyl sites for hydroxylation is 1. The first-order chi connectivity index (χ1) is 11.4. The van der Waals surface area contributed by atoms with E-state index >= 15 is 0 Å². The van der Waals surface area contributed by atoms with Crippen molar-refractivity contribution < 1.29 is 14.7 Å². The third-order valence-corrected chi connectivity index (χ3v) is 3.88. The van der Waals surface area contributed by atoms with Crippen LogP contribution in [-0.2, 0) is 11.8 Å². The summed E-state index contributed by atoms with van der Waals surface area (Å²) < 4.78 is 1.56. The minimum Gasteiger partial charge on any atom is -0.481 e. The largest absolute Gasteiger partial charge is 0.481 e. The number of aliphatic carboxylic acids is 1. The molecule has 0 aliphatic heterocycles. The van der Waals surface area contributed by atoms with Crippen LogP contribution in [-0.4, -0.2) is 26.8 Å². The molecule has 0 spiro atoms. The van der Waals surface area contributed by atoms with Crippen molar-refractivity contribution >= 4 is 11.9 Å². The van der Waals surface area contributed by atoms with E-state index in [1.54, 1.807) is 17.8 Å². The van der Waals surface area contributed by atoms with Crippen molar-refractivity contribution in [3.05, 3.63) is 53.3 Å². The highest BCUT2D eigenvalue weighted by atomic mass is 16.4. The van der Waals surface area contributed by atoms with Crippen molar-refractivity contribution in [2.75, 3.05) is 0 Å². The molecule has 0 aliphatic rings. The third-order valence-electron chi connectivity index (χ3n) is 3.88. The smallest absolute Gasteiger partial charge is 0.303 e. The highest BCUT2D eigenvalue weighted by Gasteiger charge is 2.20. The molecule has 1 aromatic heterocycles. The lowest BCUT2D eigenvalue weighted by Crippen LogP contribution is -2.30. The standard InChI is InChI=1S/C18H23N3O3/c1-12(2)15-11-16(21(3)20-15)18(24)19-14(9-10-17(22)23)13-7-5-4-6-8-13/h4-8,11-12,14H,9-10H2,1-3H3,(H,19,24)(H,22,23). The van der Waals surface area contributed by atoms with Gasteiger partial charge >= 0.3 is 5.97 Å². The van der Waals surface area contributed by atoms with Gasteiger partial charge in [0.15, 0.2) is 0 Å². The Bertz CT molecular complexity index is 708. The lowest BCUT2D eigenvalue weighted by Gasteiger charge is -2.18. The van der Waals surface area contributed by atoms with E-state index in [1.165, 1.54) is 0 Å². The fourth-order valence-corrected chi connectivity index (χ4v) is 2.49. The van der Waals surface area contributed by atoms with E-state index in [1.807, 2.05) is 44.2 Å². The molecule has 128 valence electrons. The number of hydrogen-bond donors (Lipinski definition) is 2. The Kier molecular flexibility index (Phi) is 5.73. The highest BCUT2D eigenvalue weighted by molar-refractivity contribution is 5.93. The molecule has 0 aliphatic carbocycles. The van der Waals surface area contributed by atoms with Gasteiger partial charge in [-0.2, -0.15) is 5.10 Å². The monoisotopic (exact) mass is 329 g/mol. The molecule has 0 saturated carbocycles. The van der Waals surface area contributed by atoms with E-state index in [0.717, 1.165) is 11.3 Å². The number of amides is 1. The second kappa shape index (κ2) is 7.77. The van der Waals surface area contributed by atoms with Gasteiger partial charge in [0, 0.05) is 13.5 Å².